The third-order valence-electron chi connectivity index (χ3n) is 4.76. The van der Waals surface area contributed by atoms with E-state index in [0.29, 0.717) is 12.3 Å². The molecule has 0 heterocycles. The fourth-order valence-electron chi connectivity index (χ4n) is 2.87. The summed E-state index contributed by atoms with van der Waals surface area (Å²) in [5.74, 6) is 0.348. The molecule has 4 nitrogen and oxygen atoms in total. The molecule has 0 bridgehead atoms. The van der Waals surface area contributed by atoms with Gasteiger partial charge in [-0.3, -0.25) is 4.79 Å². The molecule has 0 aliphatic heterocycles. The van der Waals surface area contributed by atoms with Gasteiger partial charge in [-0.1, -0.05) is 34.1 Å². The van der Waals surface area contributed by atoms with E-state index < -0.39 is 5.91 Å². The van der Waals surface area contributed by atoms with Crippen molar-refractivity contribution in [1.29, 1.82) is 5.26 Å². The van der Waals surface area contributed by atoms with Gasteiger partial charge in [0.1, 0.15) is 24.0 Å². The number of nitrogens with zero attached hydrogens (tertiary/aromatic N) is 1. The first-order chi connectivity index (χ1) is 15.3. The maximum Gasteiger partial charge on any atom is 0.266 e. The predicted molar refractivity (Wildman–Crippen MR) is 148 cm³/mol. The lowest BCUT2D eigenvalue weighted by atomic mass is 10.1. The van der Waals surface area contributed by atoms with E-state index >= 15 is 0 Å². The number of carbonyl (C=O) groups excluding carboxylic acids is 1. The summed E-state index contributed by atoms with van der Waals surface area (Å²) in [7, 11) is 0. The van der Waals surface area contributed by atoms with Crippen molar-refractivity contribution in [2.45, 2.75) is 20.5 Å². The Hall–Kier alpha value is -1.90. The molecule has 0 spiro atoms. The number of hydrogen-bond acceptors (Lipinski definition) is 3. The van der Waals surface area contributed by atoms with Gasteiger partial charge < -0.3 is 10.1 Å². The molecule has 7 heteroatoms. The number of aryl methyl sites for hydroxylation is 2. The number of hydrogen-bond donors (Lipinski definition) is 1. The minimum absolute atomic E-state index is 0.0401. The topological polar surface area (TPSA) is 62.1 Å². The summed E-state index contributed by atoms with van der Waals surface area (Å²) in [6.07, 6.45) is 1.60. The molecule has 0 saturated heterocycles. The molecule has 3 aromatic carbocycles. The van der Waals surface area contributed by atoms with Crippen LogP contribution in [-0.2, 0) is 11.4 Å². The van der Waals surface area contributed by atoms with Gasteiger partial charge >= 0.3 is 0 Å². The Kier molecular flexibility index (Phi) is 8.73. The summed E-state index contributed by atoms with van der Waals surface area (Å²) < 4.78 is 8.87. The molecule has 0 aliphatic rings. The normalized spacial score (nSPS) is 11.1. The molecular weight excluding hydrogens is 694 g/mol. The van der Waals surface area contributed by atoms with E-state index in [2.05, 4.69) is 66.4 Å². The molecule has 0 aromatic heterocycles. The SMILES string of the molecule is Cc1ccc(NC(=O)/C(C#N)=C/c2cc(I)c(OCc3ccc(Br)cc3)c(I)c2)cc1C. The van der Waals surface area contributed by atoms with Crippen LogP contribution >= 0.6 is 61.1 Å². The quantitative estimate of drug-likeness (QED) is 0.165. The number of ether oxygens (including phenoxy) is 1. The molecule has 0 aliphatic carbocycles. The van der Waals surface area contributed by atoms with Crippen molar-refractivity contribution in [2.24, 2.45) is 0 Å². The van der Waals surface area contributed by atoms with E-state index in [9.17, 15) is 10.1 Å². The number of carbonyl (C=O) groups is 1. The van der Waals surface area contributed by atoms with E-state index in [-0.39, 0.29) is 5.57 Å². The number of amides is 1. The van der Waals surface area contributed by atoms with Crippen molar-refractivity contribution in [3.05, 3.63) is 94.0 Å². The molecule has 1 amide bonds. The highest BCUT2D eigenvalue weighted by molar-refractivity contribution is 14.1. The molecule has 0 atom stereocenters. The van der Waals surface area contributed by atoms with Gasteiger partial charge in [-0.25, -0.2) is 0 Å². The molecule has 0 saturated carbocycles. The number of rotatable bonds is 6. The van der Waals surface area contributed by atoms with Crippen LogP contribution < -0.4 is 10.1 Å². The van der Waals surface area contributed by atoms with Crippen molar-refractivity contribution in [2.75, 3.05) is 5.32 Å². The summed E-state index contributed by atoms with van der Waals surface area (Å²) >= 11 is 7.85. The molecule has 32 heavy (non-hydrogen) atoms. The van der Waals surface area contributed by atoms with Crippen molar-refractivity contribution < 1.29 is 9.53 Å². The average molecular weight is 713 g/mol. The van der Waals surface area contributed by atoms with E-state index in [4.69, 9.17) is 4.74 Å². The Morgan fingerprint density at radius 1 is 1.06 bits per heavy atom. The van der Waals surface area contributed by atoms with Crippen molar-refractivity contribution >= 4 is 78.8 Å². The van der Waals surface area contributed by atoms with E-state index in [1.54, 1.807) is 6.08 Å². The molecule has 1 N–H and O–H groups in total. The average Bonchev–Trinajstić information content (AvgIpc) is 2.75. The Morgan fingerprint density at radius 3 is 2.31 bits per heavy atom. The second-order valence-electron chi connectivity index (χ2n) is 7.15. The number of nitriles is 1. The van der Waals surface area contributed by atoms with Gasteiger partial charge in [0.25, 0.3) is 5.91 Å². The number of anilines is 1. The van der Waals surface area contributed by atoms with Crippen molar-refractivity contribution in [3.8, 4) is 11.8 Å². The monoisotopic (exact) mass is 712 g/mol. The largest absolute Gasteiger partial charge is 0.487 e. The summed E-state index contributed by atoms with van der Waals surface area (Å²) in [5.41, 5.74) is 4.76. The maximum absolute atomic E-state index is 12.6. The van der Waals surface area contributed by atoms with Gasteiger partial charge in [-0.15, -0.1) is 0 Å². The zero-order valence-electron chi connectivity index (χ0n) is 17.4. The first kappa shape index (κ1) is 24.7. The summed E-state index contributed by atoms with van der Waals surface area (Å²) in [5, 5.41) is 12.3. The van der Waals surface area contributed by atoms with E-state index in [0.717, 1.165) is 39.6 Å². The van der Waals surface area contributed by atoms with Crippen LogP contribution in [0.3, 0.4) is 0 Å². The van der Waals surface area contributed by atoms with Gasteiger partial charge in [-0.05, 0) is 124 Å². The Morgan fingerprint density at radius 2 is 1.72 bits per heavy atom. The highest BCUT2D eigenvalue weighted by Crippen LogP contribution is 2.31. The van der Waals surface area contributed by atoms with Crippen LogP contribution in [0.15, 0.2) is 64.6 Å². The second kappa shape index (κ2) is 11.3. The zero-order chi connectivity index (χ0) is 23.3. The van der Waals surface area contributed by atoms with E-state index in [1.165, 1.54) is 0 Å². The zero-order valence-corrected chi connectivity index (χ0v) is 23.3. The van der Waals surface area contributed by atoms with Crippen LogP contribution in [-0.4, -0.2) is 5.91 Å². The third-order valence-corrected chi connectivity index (χ3v) is 6.89. The summed E-state index contributed by atoms with van der Waals surface area (Å²) in [6.45, 7) is 4.45. The molecule has 0 fully saturated rings. The molecule has 162 valence electrons. The number of halogens is 3. The van der Waals surface area contributed by atoms with Gasteiger partial charge in [0, 0.05) is 10.2 Å². The standard InChI is InChI=1S/C25H19BrI2N2O2/c1-15-3-8-21(9-16(15)2)30-25(31)19(13-29)10-18-11-22(27)24(23(28)12-18)32-14-17-4-6-20(26)7-5-17/h3-12H,14H2,1-2H3,(H,30,31)/b19-10+. The van der Waals surface area contributed by atoms with Crippen LogP contribution in [0.4, 0.5) is 5.69 Å². The Balaban J connectivity index is 1.77. The molecule has 0 unspecified atom stereocenters. The lowest BCUT2D eigenvalue weighted by molar-refractivity contribution is -0.112. The highest BCUT2D eigenvalue weighted by Gasteiger charge is 2.13. The lowest BCUT2D eigenvalue weighted by Crippen LogP contribution is -2.13. The van der Waals surface area contributed by atoms with Crippen LogP contribution in [0.1, 0.15) is 22.3 Å². The van der Waals surface area contributed by atoms with Crippen LogP contribution in [0.5, 0.6) is 5.75 Å². The first-order valence-corrected chi connectivity index (χ1v) is 12.6. The van der Waals surface area contributed by atoms with Gasteiger partial charge in [-0.2, -0.15) is 5.26 Å². The Labute approximate surface area is 223 Å². The summed E-state index contributed by atoms with van der Waals surface area (Å²) in [6, 6.07) is 19.5. The van der Waals surface area contributed by atoms with Crippen LogP contribution in [0, 0.1) is 32.3 Å². The Bertz CT molecular complexity index is 1210. The van der Waals surface area contributed by atoms with Gasteiger partial charge in [0.15, 0.2) is 0 Å². The molecule has 3 rings (SSSR count). The maximum atomic E-state index is 12.6. The third kappa shape index (κ3) is 6.56. The highest BCUT2D eigenvalue weighted by atomic mass is 127. The minimum atomic E-state index is -0.434. The second-order valence-corrected chi connectivity index (χ2v) is 10.4. The van der Waals surface area contributed by atoms with Crippen molar-refractivity contribution in [1.82, 2.24) is 0 Å². The fraction of sp³-hybridized carbons (Fsp3) is 0.120. The number of nitrogens with one attached hydrogen (secondary N) is 1. The predicted octanol–water partition coefficient (Wildman–Crippen LogP) is 7.40. The van der Waals surface area contributed by atoms with Crippen LogP contribution in [0.2, 0.25) is 0 Å². The fourth-order valence-corrected chi connectivity index (χ4v) is 5.26. The smallest absolute Gasteiger partial charge is 0.266 e. The summed E-state index contributed by atoms with van der Waals surface area (Å²) in [4.78, 5) is 12.6. The van der Waals surface area contributed by atoms with Gasteiger partial charge in [0.05, 0.1) is 7.14 Å². The van der Waals surface area contributed by atoms with Crippen molar-refractivity contribution in [3.63, 3.8) is 0 Å². The number of benzene rings is 3. The molecule has 3 aromatic rings. The first-order valence-electron chi connectivity index (χ1n) is 9.63. The minimum Gasteiger partial charge on any atom is -0.487 e. The lowest BCUT2D eigenvalue weighted by Gasteiger charge is -2.12. The van der Waals surface area contributed by atoms with Crippen LogP contribution in [0.25, 0.3) is 6.08 Å². The van der Waals surface area contributed by atoms with E-state index in [1.807, 2.05) is 74.5 Å². The van der Waals surface area contributed by atoms with Gasteiger partial charge in [0.2, 0.25) is 0 Å². The molecule has 0 radical (unpaired) electrons. The molecular formula is C25H19BrI2N2O2.